The molecule has 0 aliphatic carbocycles. The van der Waals surface area contributed by atoms with E-state index in [1.165, 1.54) is 19.1 Å². The molecular formula is C20H17NO5. The van der Waals surface area contributed by atoms with Crippen LogP contribution in [0.5, 0.6) is 5.75 Å². The second-order valence-electron chi connectivity index (χ2n) is 5.80. The van der Waals surface area contributed by atoms with Gasteiger partial charge in [-0.1, -0.05) is 30.3 Å². The van der Waals surface area contributed by atoms with Crippen LogP contribution in [0.2, 0.25) is 0 Å². The minimum Gasteiger partial charge on any atom is -0.426 e. The van der Waals surface area contributed by atoms with Crippen molar-refractivity contribution in [2.45, 2.75) is 19.4 Å². The minimum absolute atomic E-state index is 0.0274. The van der Waals surface area contributed by atoms with Gasteiger partial charge in [-0.25, -0.2) is 4.79 Å². The number of esters is 1. The van der Waals surface area contributed by atoms with Crippen molar-refractivity contribution >= 4 is 22.8 Å². The summed E-state index contributed by atoms with van der Waals surface area (Å²) in [5, 5.41) is 3.48. The predicted octanol–water partition coefficient (Wildman–Crippen LogP) is 2.97. The van der Waals surface area contributed by atoms with Gasteiger partial charge in [0.25, 0.3) is 0 Å². The summed E-state index contributed by atoms with van der Waals surface area (Å²) in [5.41, 5.74) is 0.671. The molecule has 0 aliphatic rings. The van der Waals surface area contributed by atoms with Gasteiger partial charge in [-0.05, 0) is 23.8 Å². The Labute approximate surface area is 149 Å². The number of amides is 1. The molecule has 1 aromatic heterocycles. The average Bonchev–Trinajstić information content (AvgIpc) is 2.61. The van der Waals surface area contributed by atoms with Crippen LogP contribution in [0.15, 0.2) is 69.9 Å². The van der Waals surface area contributed by atoms with Crippen molar-refractivity contribution in [3.05, 3.63) is 76.6 Å². The van der Waals surface area contributed by atoms with E-state index in [9.17, 15) is 14.4 Å². The van der Waals surface area contributed by atoms with E-state index in [-0.39, 0.29) is 18.1 Å². The van der Waals surface area contributed by atoms with Crippen LogP contribution < -0.4 is 15.7 Å². The van der Waals surface area contributed by atoms with Crippen LogP contribution in [0.25, 0.3) is 11.0 Å². The van der Waals surface area contributed by atoms with Gasteiger partial charge in [-0.2, -0.15) is 0 Å². The van der Waals surface area contributed by atoms with Gasteiger partial charge in [-0.15, -0.1) is 0 Å². The summed E-state index contributed by atoms with van der Waals surface area (Å²) in [4.78, 5) is 35.1. The van der Waals surface area contributed by atoms with Crippen LogP contribution in [0, 0.1) is 0 Å². The molecule has 0 radical (unpaired) electrons. The Hall–Kier alpha value is -3.41. The number of carbonyl (C=O) groups is 2. The number of fused-ring (bicyclic) bond motifs is 1. The number of rotatable bonds is 5. The maximum Gasteiger partial charge on any atom is 0.336 e. The van der Waals surface area contributed by atoms with E-state index in [4.69, 9.17) is 9.15 Å². The molecule has 0 spiro atoms. The number of ether oxygens (including phenoxy) is 1. The molecule has 0 aliphatic heterocycles. The normalized spacial score (nSPS) is 11.7. The quantitative estimate of drug-likeness (QED) is 0.434. The van der Waals surface area contributed by atoms with Crippen LogP contribution in [0.3, 0.4) is 0 Å². The van der Waals surface area contributed by atoms with E-state index < -0.39 is 17.6 Å². The molecule has 3 rings (SSSR count). The highest BCUT2D eigenvalue weighted by atomic mass is 16.5. The monoisotopic (exact) mass is 351 g/mol. The molecule has 1 heterocycles. The third kappa shape index (κ3) is 4.36. The van der Waals surface area contributed by atoms with Crippen molar-refractivity contribution in [2.75, 3.05) is 0 Å². The van der Waals surface area contributed by atoms with Gasteiger partial charge in [-0.3, -0.25) is 9.59 Å². The van der Waals surface area contributed by atoms with Crippen LogP contribution >= 0.6 is 0 Å². The minimum atomic E-state index is -0.509. The highest BCUT2D eigenvalue weighted by molar-refractivity contribution is 5.80. The van der Waals surface area contributed by atoms with Crippen molar-refractivity contribution in [3.63, 3.8) is 0 Å². The van der Waals surface area contributed by atoms with Gasteiger partial charge < -0.3 is 14.5 Å². The van der Waals surface area contributed by atoms with E-state index in [0.29, 0.717) is 5.58 Å². The van der Waals surface area contributed by atoms with Gasteiger partial charge in [0.15, 0.2) is 0 Å². The van der Waals surface area contributed by atoms with E-state index in [0.717, 1.165) is 10.9 Å². The molecule has 0 bridgehead atoms. The maximum atomic E-state index is 12.3. The molecule has 1 N–H and O–H groups in total. The fourth-order valence-electron chi connectivity index (χ4n) is 2.63. The molecule has 6 heteroatoms. The molecular weight excluding hydrogens is 334 g/mol. The summed E-state index contributed by atoms with van der Waals surface area (Å²) in [6.45, 7) is 1.40. The molecule has 0 unspecified atom stereocenters. The average molecular weight is 351 g/mol. The van der Waals surface area contributed by atoms with Crippen molar-refractivity contribution in [2.24, 2.45) is 0 Å². The Kier molecular flexibility index (Phi) is 5.12. The Bertz CT molecular complexity index is 994. The van der Waals surface area contributed by atoms with E-state index in [1.807, 2.05) is 30.3 Å². The summed E-state index contributed by atoms with van der Waals surface area (Å²) in [5.74, 6) is -0.476. The number of carbonyl (C=O) groups excluding carboxylic acids is 2. The molecule has 0 fully saturated rings. The van der Waals surface area contributed by atoms with Gasteiger partial charge in [0.2, 0.25) is 5.91 Å². The Morgan fingerprint density at radius 1 is 1.08 bits per heavy atom. The summed E-state index contributed by atoms with van der Waals surface area (Å²) in [6, 6.07) is 16.5. The van der Waals surface area contributed by atoms with E-state index >= 15 is 0 Å². The van der Waals surface area contributed by atoms with Crippen LogP contribution in [-0.2, 0) is 9.59 Å². The molecule has 26 heavy (non-hydrogen) atoms. The van der Waals surface area contributed by atoms with Crippen LogP contribution in [-0.4, -0.2) is 11.9 Å². The molecule has 1 amide bonds. The van der Waals surface area contributed by atoms with Gasteiger partial charge in [0, 0.05) is 24.4 Å². The van der Waals surface area contributed by atoms with Crippen molar-refractivity contribution in [3.8, 4) is 5.75 Å². The SMILES string of the molecule is CC(=O)N[C@@H](CC(=O)Oc1ccc2ccc(=O)oc2c1)c1ccccc1. The molecule has 0 saturated heterocycles. The first-order chi connectivity index (χ1) is 12.5. The highest BCUT2D eigenvalue weighted by Gasteiger charge is 2.18. The zero-order valence-corrected chi connectivity index (χ0v) is 14.1. The second-order valence-corrected chi connectivity index (χ2v) is 5.80. The first kappa shape index (κ1) is 17.4. The first-order valence-corrected chi connectivity index (χ1v) is 8.08. The summed E-state index contributed by atoms with van der Waals surface area (Å²) < 4.78 is 10.4. The zero-order chi connectivity index (χ0) is 18.5. The molecule has 2 aromatic carbocycles. The molecule has 0 saturated carbocycles. The third-order valence-electron chi connectivity index (χ3n) is 3.78. The lowest BCUT2D eigenvalue weighted by Gasteiger charge is -2.17. The van der Waals surface area contributed by atoms with Gasteiger partial charge >= 0.3 is 11.6 Å². The largest absolute Gasteiger partial charge is 0.426 e. The third-order valence-corrected chi connectivity index (χ3v) is 3.78. The number of hydrogen-bond acceptors (Lipinski definition) is 5. The second kappa shape index (κ2) is 7.65. The summed E-state index contributed by atoms with van der Waals surface area (Å²) in [6.07, 6.45) is -0.0274. The van der Waals surface area contributed by atoms with E-state index in [1.54, 1.807) is 18.2 Å². The Morgan fingerprint density at radius 3 is 2.54 bits per heavy atom. The molecule has 132 valence electrons. The number of hydrogen-bond donors (Lipinski definition) is 1. The maximum absolute atomic E-state index is 12.3. The summed E-state index contributed by atoms with van der Waals surface area (Å²) in [7, 11) is 0. The fraction of sp³-hybridized carbons (Fsp3) is 0.150. The topological polar surface area (TPSA) is 85.6 Å². The summed E-state index contributed by atoms with van der Waals surface area (Å²) >= 11 is 0. The van der Waals surface area contributed by atoms with Crippen molar-refractivity contribution in [1.82, 2.24) is 5.32 Å². The van der Waals surface area contributed by atoms with Gasteiger partial charge in [0.05, 0.1) is 12.5 Å². The lowest BCUT2D eigenvalue weighted by molar-refractivity contribution is -0.135. The van der Waals surface area contributed by atoms with Crippen LogP contribution in [0.4, 0.5) is 0 Å². The number of benzene rings is 2. The standard InChI is InChI=1S/C20H17NO5/c1-13(22)21-17(14-5-3-2-4-6-14)12-20(24)25-16-9-7-15-8-10-19(23)26-18(15)11-16/h2-11,17H,12H2,1H3,(H,21,22)/t17-/m0/s1. The van der Waals surface area contributed by atoms with Crippen molar-refractivity contribution in [1.29, 1.82) is 0 Å². The number of nitrogens with one attached hydrogen (secondary N) is 1. The van der Waals surface area contributed by atoms with Gasteiger partial charge in [0.1, 0.15) is 11.3 Å². The van der Waals surface area contributed by atoms with E-state index in [2.05, 4.69) is 5.32 Å². The highest BCUT2D eigenvalue weighted by Crippen LogP contribution is 2.22. The van der Waals surface area contributed by atoms with Crippen LogP contribution in [0.1, 0.15) is 24.9 Å². The zero-order valence-electron chi connectivity index (χ0n) is 14.1. The molecule has 1 atom stereocenters. The lowest BCUT2D eigenvalue weighted by atomic mass is 10.0. The predicted molar refractivity (Wildman–Crippen MR) is 95.7 cm³/mol. The smallest absolute Gasteiger partial charge is 0.336 e. The fourth-order valence-corrected chi connectivity index (χ4v) is 2.63. The van der Waals surface area contributed by atoms with Crippen molar-refractivity contribution < 1.29 is 18.7 Å². The Balaban J connectivity index is 1.75. The molecule has 3 aromatic rings. The lowest BCUT2D eigenvalue weighted by Crippen LogP contribution is -2.29. The molecule has 6 nitrogen and oxygen atoms in total. The first-order valence-electron chi connectivity index (χ1n) is 8.08. The Morgan fingerprint density at radius 2 is 1.81 bits per heavy atom.